The molecule has 0 aromatic carbocycles. The number of allylic oxidation sites excluding steroid dienone is 2. The van der Waals surface area contributed by atoms with Gasteiger partial charge >= 0.3 is 11.9 Å². The number of nitrogens with zero attached hydrogens (tertiary/aromatic N) is 2. The molecule has 2 aromatic heterocycles. The molecule has 7 heteroatoms. The molecule has 2 aromatic rings. The maximum Gasteiger partial charge on any atom is 0.336 e. The van der Waals surface area contributed by atoms with Gasteiger partial charge in [0.25, 0.3) is 0 Å². The molecule has 31 heavy (non-hydrogen) atoms. The van der Waals surface area contributed by atoms with Crippen molar-refractivity contribution in [1.82, 2.24) is 15.3 Å². The first kappa shape index (κ1) is 22.2. The molecular formula is C24H27N3O4. The standard InChI is InChI=1S/C24H27N3O4/c1-16-21(23(28)29)20(10-9-19-7-4-12-26-15-19)22(17(2)27-16)24(30)31-13-5-8-18-6-3-11-25-14-18/h3-4,6-7,11-12,14-15,20,27H,5,8-10,13H2,1-2H3,(H,28,29). The highest BCUT2D eigenvalue weighted by Crippen LogP contribution is 2.34. The summed E-state index contributed by atoms with van der Waals surface area (Å²) < 4.78 is 5.53. The van der Waals surface area contributed by atoms with E-state index in [4.69, 9.17) is 4.74 Å². The fourth-order valence-corrected chi connectivity index (χ4v) is 3.90. The van der Waals surface area contributed by atoms with Crippen LogP contribution >= 0.6 is 0 Å². The van der Waals surface area contributed by atoms with Crippen LogP contribution in [0.25, 0.3) is 0 Å². The van der Waals surface area contributed by atoms with Crippen LogP contribution in [0.4, 0.5) is 0 Å². The van der Waals surface area contributed by atoms with E-state index in [0.717, 1.165) is 17.5 Å². The zero-order valence-electron chi connectivity index (χ0n) is 17.8. The molecule has 1 aliphatic heterocycles. The van der Waals surface area contributed by atoms with Gasteiger partial charge in [0.2, 0.25) is 0 Å². The number of aromatic nitrogens is 2. The number of carboxylic acid groups (broad SMARTS) is 1. The second-order valence-electron chi connectivity index (χ2n) is 7.56. The molecule has 0 fully saturated rings. The molecule has 1 aliphatic rings. The Morgan fingerprint density at radius 2 is 1.61 bits per heavy atom. The third kappa shape index (κ3) is 5.78. The minimum Gasteiger partial charge on any atom is -0.478 e. The topological polar surface area (TPSA) is 101 Å². The van der Waals surface area contributed by atoms with Crippen LogP contribution in [-0.2, 0) is 27.2 Å². The van der Waals surface area contributed by atoms with Gasteiger partial charge in [-0.05, 0) is 62.8 Å². The minimum atomic E-state index is -1.03. The van der Waals surface area contributed by atoms with Gasteiger partial charge in [0.05, 0.1) is 17.8 Å². The lowest BCUT2D eigenvalue weighted by atomic mass is 9.81. The highest BCUT2D eigenvalue weighted by Gasteiger charge is 2.35. The highest BCUT2D eigenvalue weighted by molar-refractivity contribution is 5.97. The van der Waals surface area contributed by atoms with Crippen LogP contribution < -0.4 is 5.32 Å². The number of aliphatic carboxylic acids is 1. The summed E-state index contributed by atoms with van der Waals surface area (Å²) in [4.78, 5) is 33.1. The van der Waals surface area contributed by atoms with E-state index in [2.05, 4.69) is 15.3 Å². The zero-order chi connectivity index (χ0) is 22.2. The van der Waals surface area contributed by atoms with Gasteiger partial charge in [-0.1, -0.05) is 12.1 Å². The number of hydrogen-bond donors (Lipinski definition) is 2. The molecule has 0 spiro atoms. The van der Waals surface area contributed by atoms with Crippen molar-refractivity contribution in [3.63, 3.8) is 0 Å². The smallest absolute Gasteiger partial charge is 0.336 e. The summed E-state index contributed by atoms with van der Waals surface area (Å²) in [5.41, 5.74) is 3.84. The molecule has 0 bridgehead atoms. The molecule has 1 unspecified atom stereocenters. The van der Waals surface area contributed by atoms with E-state index < -0.39 is 17.9 Å². The monoisotopic (exact) mass is 421 g/mol. The second-order valence-corrected chi connectivity index (χ2v) is 7.56. The lowest BCUT2D eigenvalue weighted by molar-refractivity contribution is -0.139. The first-order valence-corrected chi connectivity index (χ1v) is 10.3. The Morgan fingerprint density at radius 3 is 2.19 bits per heavy atom. The summed E-state index contributed by atoms with van der Waals surface area (Å²) in [6, 6.07) is 7.64. The average Bonchev–Trinajstić information content (AvgIpc) is 2.76. The molecule has 0 amide bonds. The Morgan fingerprint density at radius 1 is 1.00 bits per heavy atom. The number of pyridine rings is 2. The van der Waals surface area contributed by atoms with Gasteiger partial charge in [0.1, 0.15) is 0 Å². The second kappa shape index (κ2) is 10.5. The molecule has 0 radical (unpaired) electrons. The first-order chi connectivity index (χ1) is 15.0. The maximum atomic E-state index is 13.0. The Balaban J connectivity index is 1.70. The number of carboxylic acids is 1. The summed E-state index contributed by atoms with van der Waals surface area (Å²) in [5, 5.41) is 12.9. The van der Waals surface area contributed by atoms with Crippen molar-refractivity contribution in [2.45, 2.75) is 39.5 Å². The van der Waals surface area contributed by atoms with E-state index in [1.165, 1.54) is 0 Å². The number of nitrogens with one attached hydrogen (secondary N) is 1. The van der Waals surface area contributed by atoms with Crippen LogP contribution in [-0.4, -0.2) is 33.6 Å². The molecule has 7 nitrogen and oxygen atoms in total. The fraction of sp³-hybridized carbons (Fsp3) is 0.333. The van der Waals surface area contributed by atoms with Gasteiger partial charge in [0, 0.05) is 42.1 Å². The molecule has 2 N–H and O–H groups in total. The predicted molar refractivity (Wildman–Crippen MR) is 116 cm³/mol. The quantitative estimate of drug-likeness (QED) is 0.472. The Kier molecular flexibility index (Phi) is 7.54. The van der Waals surface area contributed by atoms with E-state index >= 15 is 0 Å². The number of ether oxygens (including phenoxy) is 1. The van der Waals surface area contributed by atoms with Crippen LogP contribution in [0.5, 0.6) is 0 Å². The average molecular weight is 421 g/mol. The number of esters is 1. The largest absolute Gasteiger partial charge is 0.478 e. The Labute approximate surface area is 181 Å². The van der Waals surface area contributed by atoms with E-state index in [-0.39, 0.29) is 12.2 Å². The van der Waals surface area contributed by atoms with Gasteiger partial charge in [-0.15, -0.1) is 0 Å². The first-order valence-electron chi connectivity index (χ1n) is 10.3. The highest BCUT2D eigenvalue weighted by atomic mass is 16.5. The summed E-state index contributed by atoms with van der Waals surface area (Å²) in [6.45, 7) is 3.76. The van der Waals surface area contributed by atoms with Crippen LogP contribution in [0.1, 0.15) is 37.8 Å². The number of carbonyl (C=O) groups is 2. The van der Waals surface area contributed by atoms with E-state index in [1.54, 1.807) is 38.6 Å². The summed E-state index contributed by atoms with van der Waals surface area (Å²) in [5.74, 6) is -2.06. The van der Waals surface area contributed by atoms with Crippen molar-refractivity contribution >= 4 is 11.9 Å². The van der Waals surface area contributed by atoms with Crippen molar-refractivity contribution < 1.29 is 19.4 Å². The van der Waals surface area contributed by atoms with Crippen LogP contribution in [0, 0.1) is 5.92 Å². The third-order valence-corrected chi connectivity index (χ3v) is 5.34. The molecule has 162 valence electrons. The molecule has 1 atom stereocenters. The van der Waals surface area contributed by atoms with Gasteiger partial charge < -0.3 is 15.2 Å². The number of rotatable bonds is 9. The lowest BCUT2D eigenvalue weighted by Gasteiger charge is -2.29. The maximum absolute atomic E-state index is 13.0. The van der Waals surface area contributed by atoms with Gasteiger partial charge in [-0.25, -0.2) is 9.59 Å². The van der Waals surface area contributed by atoms with E-state index in [9.17, 15) is 14.7 Å². The molecule has 3 heterocycles. The van der Waals surface area contributed by atoms with Crippen LogP contribution in [0.15, 0.2) is 71.6 Å². The van der Waals surface area contributed by atoms with Crippen LogP contribution in [0.2, 0.25) is 0 Å². The third-order valence-electron chi connectivity index (χ3n) is 5.34. The number of dihydropyridines is 1. The van der Waals surface area contributed by atoms with Crippen molar-refractivity contribution in [3.8, 4) is 0 Å². The normalized spacial score (nSPS) is 16.1. The van der Waals surface area contributed by atoms with Gasteiger partial charge in [0.15, 0.2) is 0 Å². The predicted octanol–water partition coefficient (Wildman–Crippen LogP) is 3.44. The van der Waals surface area contributed by atoms with Crippen LogP contribution in [0.3, 0.4) is 0 Å². The van der Waals surface area contributed by atoms with E-state index in [0.29, 0.717) is 36.2 Å². The minimum absolute atomic E-state index is 0.205. The van der Waals surface area contributed by atoms with Crippen molar-refractivity contribution in [3.05, 3.63) is 82.7 Å². The zero-order valence-corrected chi connectivity index (χ0v) is 17.8. The molecule has 0 aliphatic carbocycles. The molecule has 3 rings (SSSR count). The summed E-state index contributed by atoms with van der Waals surface area (Å²) in [7, 11) is 0. The molecule has 0 saturated heterocycles. The number of carbonyl (C=O) groups excluding carboxylic acids is 1. The van der Waals surface area contributed by atoms with Gasteiger partial charge in [-0.3, -0.25) is 9.97 Å². The van der Waals surface area contributed by atoms with Crippen molar-refractivity contribution in [2.24, 2.45) is 5.92 Å². The lowest BCUT2D eigenvalue weighted by Crippen LogP contribution is -2.33. The SMILES string of the molecule is CC1=C(C(=O)O)C(CCc2cccnc2)C(C(=O)OCCCc2cccnc2)=C(C)N1. The Bertz CT molecular complexity index is 984. The van der Waals surface area contributed by atoms with Gasteiger partial charge in [-0.2, -0.15) is 0 Å². The van der Waals surface area contributed by atoms with Crippen molar-refractivity contribution in [2.75, 3.05) is 6.61 Å². The Hall–Kier alpha value is -3.48. The van der Waals surface area contributed by atoms with Crippen molar-refractivity contribution in [1.29, 1.82) is 0 Å². The number of hydrogen-bond acceptors (Lipinski definition) is 6. The molecular weight excluding hydrogens is 394 g/mol. The van der Waals surface area contributed by atoms with E-state index in [1.807, 2.05) is 24.3 Å². The fourth-order valence-electron chi connectivity index (χ4n) is 3.90. The summed E-state index contributed by atoms with van der Waals surface area (Å²) >= 11 is 0. The number of aryl methyl sites for hydroxylation is 2. The summed E-state index contributed by atoms with van der Waals surface area (Å²) in [6.07, 6.45) is 9.46. The molecule has 0 saturated carbocycles.